The Labute approximate surface area is 132 Å². The summed E-state index contributed by atoms with van der Waals surface area (Å²) < 4.78 is 18.3. The molecule has 2 aromatic carbocycles. The van der Waals surface area contributed by atoms with E-state index in [1.807, 2.05) is 12.1 Å². The summed E-state index contributed by atoms with van der Waals surface area (Å²) in [6.45, 7) is -0.200. The number of nitrogens with one attached hydrogen (secondary N) is 2. The van der Waals surface area contributed by atoms with E-state index in [9.17, 15) is 9.18 Å². The SMILES string of the molecule is O=C(COc1cccc(F)c1)Nc1cccc(-c2ncc[nH]2)c1. The zero-order valence-corrected chi connectivity index (χ0v) is 12.1. The Kier molecular flexibility index (Phi) is 4.33. The van der Waals surface area contributed by atoms with Crippen LogP contribution < -0.4 is 10.1 Å². The molecule has 0 atom stereocenters. The van der Waals surface area contributed by atoms with Crippen molar-refractivity contribution in [1.29, 1.82) is 0 Å². The highest BCUT2D eigenvalue weighted by atomic mass is 19.1. The maximum atomic E-state index is 13.0. The van der Waals surface area contributed by atoms with Crippen LogP contribution in [-0.2, 0) is 4.79 Å². The number of carbonyl (C=O) groups excluding carboxylic acids is 1. The van der Waals surface area contributed by atoms with E-state index in [4.69, 9.17) is 4.74 Å². The maximum Gasteiger partial charge on any atom is 0.262 e. The van der Waals surface area contributed by atoms with Crippen LogP contribution in [0.1, 0.15) is 0 Å². The van der Waals surface area contributed by atoms with Crippen LogP contribution in [0.15, 0.2) is 60.9 Å². The number of carbonyl (C=O) groups is 1. The molecule has 1 aromatic heterocycles. The van der Waals surface area contributed by atoms with E-state index in [0.29, 0.717) is 11.4 Å². The number of aromatic amines is 1. The molecule has 0 unspecified atom stereocenters. The lowest BCUT2D eigenvalue weighted by Crippen LogP contribution is -2.20. The number of benzene rings is 2. The van der Waals surface area contributed by atoms with E-state index in [0.717, 1.165) is 11.4 Å². The predicted octanol–water partition coefficient (Wildman–Crippen LogP) is 3.23. The third-order valence-electron chi connectivity index (χ3n) is 3.08. The van der Waals surface area contributed by atoms with Crippen molar-refractivity contribution in [3.05, 3.63) is 66.7 Å². The molecule has 0 saturated carbocycles. The van der Waals surface area contributed by atoms with Gasteiger partial charge in [-0.15, -0.1) is 0 Å². The van der Waals surface area contributed by atoms with Gasteiger partial charge in [-0.3, -0.25) is 4.79 Å². The summed E-state index contributed by atoms with van der Waals surface area (Å²) in [4.78, 5) is 19.1. The number of H-pyrrole nitrogens is 1. The summed E-state index contributed by atoms with van der Waals surface area (Å²) in [6.07, 6.45) is 3.39. The molecule has 0 bridgehead atoms. The van der Waals surface area contributed by atoms with Gasteiger partial charge in [0.1, 0.15) is 17.4 Å². The molecule has 0 aliphatic heterocycles. The quantitative estimate of drug-likeness (QED) is 0.760. The van der Waals surface area contributed by atoms with Gasteiger partial charge < -0.3 is 15.0 Å². The second-order valence-corrected chi connectivity index (χ2v) is 4.81. The molecular weight excluding hydrogens is 297 g/mol. The summed E-state index contributed by atoms with van der Waals surface area (Å²) in [6, 6.07) is 12.9. The fraction of sp³-hybridized carbons (Fsp3) is 0.0588. The molecule has 1 heterocycles. The van der Waals surface area contributed by atoms with E-state index in [-0.39, 0.29) is 12.5 Å². The lowest BCUT2D eigenvalue weighted by Gasteiger charge is -2.08. The first-order chi connectivity index (χ1) is 11.2. The van der Waals surface area contributed by atoms with Crippen molar-refractivity contribution >= 4 is 11.6 Å². The standard InChI is InChI=1S/C17H14FN3O2/c18-13-4-2-6-15(10-13)23-11-16(22)21-14-5-1-3-12(9-14)17-19-7-8-20-17/h1-10H,11H2,(H,19,20)(H,21,22). The molecular formula is C17H14FN3O2. The monoisotopic (exact) mass is 311 g/mol. The third-order valence-corrected chi connectivity index (χ3v) is 3.08. The number of amides is 1. The first kappa shape index (κ1) is 14.8. The minimum absolute atomic E-state index is 0.200. The molecule has 0 aliphatic carbocycles. The smallest absolute Gasteiger partial charge is 0.262 e. The predicted molar refractivity (Wildman–Crippen MR) is 84.5 cm³/mol. The number of ether oxygens (including phenoxy) is 1. The fourth-order valence-electron chi connectivity index (χ4n) is 2.07. The summed E-state index contributed by atoms with van der Waals surface area (Å²) >= 11 is 0. The normalized spacial score (nSPS) is 10.3. The average molecular weight is 311 g/mol. The Hall–Kier alpha value is -3.15. The van der Waals surface area contributed by atoms with Crippen LogP contribution in [0.3, 0.4) is 0 Å². The van der Waals surface area contributed by atoms with Gasteiger partial charge in [-0.2, -0.15) is 0 Å². The number of aromatic nitrogens is 2. The Balaban J connectivity index is 1.61. The molecule has 6 heteroatoms. The van der Waals surface area contributed by atoms with Crippen LogP contribution in [0.4, 0.5) is 10.1 Å². The van der Waals surface area contributed by atoms with Gasteiger partial charge in [0.25, 0.3) is 5.91 Å². The van der Waals surface area contributed by atoms with Gasteiger partial charge in [0.05, 0.1) is 0 Å². The van der Waals surface area contributed by atoms with Gasteiger partial charge in [0.15, 0.2) is 6.61 Å². The first-order valence-corrected chi connectivity index (χ1v) is 6.99. The van der Waals surface area contributed by atoms with Gasteiger partial charge in [0, 0.05) is 29.7 Å². The minimum Gasteiger partial charge on any atom is -0.484 e. The molecule has 0 saturated heterocycles. The molecule has 23 heavy (non-hydrogen) atoms. The lowest BCUT2D eigenvalue weighted by atomic mass is 10.2. The average Bonchev–Trinajstić information content (AvgIpc) is 3.08. The van der Waals surface area contributed by atoms with Gasteiger partial charge in [-0.05, 0) is 24.3 Å². The van der Waals surface area contributed by atoms with Crippen molar-refractivity contribution in [1.82, 2.24) is 9.97 Å². The van der Waals surface area contributed by atoms with Crippen LogP contribution in [-0.4, -0.2) is 22.5 Å². The molecule has 5 nitrogen and oxygen atoms in total. The molecule has 0 fully saturated rings. The zero-order chi connectivity index (χ0) is 16.1. The van der Waals surface area contributed by atoms with Crippen LogP contribution in [0, 0.1) is 5.82 Å². The molecule has 2 N–H and O–H groups in total. The van der Waals surface area contributed by atoms with Crippen LogP contribution in [0.5, 0.6) is 5.75 Å². The van der Waals surface area contributed by atoms with Crippen molar-refractivity contribution < 1.29 is 13.9 Å². The molecule has 1 amide bonds. The second-order valence-electron chi connectivity index (χ2n) is 4.81. The van der Waals surface area contributed by atoms with Crippen molar-refractivity contribution in [2.24, 2.45) is 0 Å². The number of hydrogen-bond acceptors (Lipinski definition) is 3. The lowest BCUT2D eigenvalue weighted by molar-refractivity contribution is -0.118. The molecule has 0 aliphatic rings. The summed E-state index contributed by atoms with van der Waals surface area (Å²) in [5.74, 6) is 0.293. The Morgan fingerprint density at radius 3 is 2.87 bits per heavy atom. The summed E-state index contributed by atoms with van der Waals surface area (Å²) in [7, 11) is 0. The van der Waals surface area contributed by atoms with Gasteiger partial charge >= 0.3 is 0 Å². The van der Waals surface area contributed by atoms with Crippen molar-refractivity contribution in [3.63, 3.8) is 0 Å². The Bertz CT molecular complexity index is 803. The molecule has 116 valence electrons. The van der Waals surface area contributed by atoms with Crippen molar-refractivity contribution in [2.75, 3.05) is 11.9 Å². The van der Waals surface area contributed by atoms with Gasteiger partial charge in [-0.25, -0.2) is 9.37 Å². The van der Waals surface area contributed by atoms with E-state index in [1.54, 1.807) is 30.6 Å². The summed E-state index contributed by atoms with van der Waals surface area (Å²) in [5.41, 5.74) is 1.49. The molecule has 3 rings (SSSR count). The fourth-order valence-corrected chi connectivity index (χ4v) is 2.07. The summed E-state index contributed by atoms with van der Waals surface area (Å²) in [5, 5.41) is 2.73. The highest BCUT2D eigenvalue weighted by Gasteiger charge is 2.06. The highest BCUT2D eigenvalue weighted by molar-refractivity contribution is 5.92. The third kappa shape index (κ3) is 3.94. The zero-order valence-electron chi connectivity index (χ0n) is 12.1. The van der Waals surface area contributed by atoms with E-state index < -0.39 is 5.82 Å². The van der Waals surface area contributed by atoms with E-state index in [1.165, 1.54) is 18.2 Å². The number of nitrogens with zero attached hydrogens (tertiary/aromatic N) is 1. The number of imidazole rings is 1. The molecule has 0 radical (unpaired) electrons. The minimum atomic E-state index is -0.408. The van der Waals surface area contributed by atoms with Crippen molar-refractivity contribution in [2.45, 2.75) is 0 Å². The highest BCUT2D eigenvalue weighted by Crippen LogP contribution is 2.19. The number of anilines is 1. The van der Waals surface area contributed by atoms with Crippen LogP contribution in [0.2, 0.25) is 0 Å². The number of rotatable bonds is 5. The Morgan fingerprint density at radius 1 is 1.22 bits per heavy atom. The topological polar surface area (TPSA) is 67.0 Å². The van der Waals surface area contributed by atoms with Crippen LogP contribution >= 0.6 is 0 Å². The van der Waals surface area contributed by atoms with Crippen LogP contribution in [0.25, 0.3) is 11.4 Å². The molecule has 0 spiro atoms. The molecule has 3 aromatic rings. The van der Waals surface area contributed by atoms with Crippen molar-refractivity contribution in [3.8, 4) is 17.1 Å². The maximum absolute atomic E-state index is 13.0. The Morgan fingerprint density at radius 2 is 2.09 bits per heavy atom. The van der Waals surface area contributed by atoms with Gasteiger partial charge in [0.2, 0.25) is 0 Å². The van der Waals surface area contributed by atoms with E-state index in [2.05, 4.69) is 15.3 Å². The van der Waals surface area contributed by atoms with Gasteiger partial charge in [-0.1, -0.05) is 18.2 Å². The second kappa shape index (κ2) is 6.74. The first-order valence-electron chi connectivity index (χ1n) is 6.99. The number of halogens is 1. The largest absolute Gasteiger partial charge is 0.484 e. The number of hydrogen-bond donors (Lipinski definition) is 2. The van der Waals surface area contributed by atoms with E-state index >= 15 is 0 Å².